The number of rotatable bonds is 3. The van der Waals surface area contributed by atoms with Gasteiger partial charge in [-0.3, -0.25) is 0 Å². The molecule has 0 fully saturated rings. The highest BCUT2D eigenvalue weighted by Crippen LogP contribution is 2.24. The van der Waals surface area contributed by atoms with Crippen LogP contribution in [-0.4, -0.2) is 5.11 Å². The van der Waals surface area contributed by atoms with E-state index < -0.39 is 0 Å². The van der Waals surface area contributed by atoms with Gasteiger partial charge in [-0.1, -0.05) is 54.6 Å². The molecule has 0 heterocycles. The first kappa shape index (κ1) is 15.4. The van der Waals surface area contributed by atoms with Crippen LogP contribution in [0.5, 0.6) is 0 Å². The average Bonchev–Trinajstić information content (AvgIpc) is 2.56. The van der Waals surface area contributed by atoms with Crippen molar-refractivity contribution < 1.29 is 4.39 Å². The second-order valence-electron chi connectivity index (χ2n) is 5.37. The third-order valence-corrected chi connectivity index (χ3v) is 3.98. The predicted molar refractivity (Wildman–Crippen MR) is 98.1 cm³/mol. The topological polar surface area (TPSA) is 24.1 Å². The number of halogens is 1. The van der Waals surface area contributed by atoms with Crippen LogP contribution in [0.3, 0.4) is 0 Å². The minimum Gasteiger partial charge on any atom is -0.356 e. The van der Waals surface area contributed by atoms with Crippen LogP contribution in [0.1, 0.15) is 18.5 Å². The number of fused-ring (bicyclic) bond motifs is 1. The van der Waals surface area contributed by atoms with Gasteiger partial charge in [-0.2, -0.15) is 0 Å². The van der Waals surface area contributed by atoms with Crippen molar-refractivity contribution in [2.75, 3.05) is 5.32 Å². The first-order valence-corrected chi connectivity index (χ1v) is 7.85. The Hall–Kier alpha value is -2.46. The third kappa shape index (κ3) is 3.48. The van der Waals surface area contributed by atoms with Gasteiger partial charge in [0.25, 0.3) is 0 Å². The summed E-state index contributed by atoms with van der Waals surface area (Å²) in [5.41, 5.74) is 1.52. The van der Waals surface area contributed by atoms with Crippen LogP contribution in [0.4, 0.5) is 10.1 Å². The molecule has 0 amide bonds. The minimum absolute atomic E-state index is 0.00729. The van der Waals surface area contributed by atoms with Crippen molar-refractivity contribution in [1.29, 1.82) is 0 Å². The molecule has 116 valence electrons. The number of hydrogen-bond acceptors (Lipinski definition) is 1. The summed E-state index contributed by atoms with van der Waals surface area (Å²) in [6, 6.07) is 20.9. The smallest absolute Gasteiger partial charge is 0.171 e. The number of thiocarbonyl (C=S) groups is 1. The number of benzene rings is 3. The Morgan fingerprint density at radius 2 is 1.65 bits per heavy atom. The fraction of sp³-hybridized carbons (Fsp3) is 0.105. The highest BCUT2D eigenvalue weighted by molar-refractivity contribution is 7.80. The van der Waals surface area contributed by atoms with E-state index in [4.69, 9.17) is 12.2 Å². The van der Waals surface area contributed by atoms with E-state index in [2.05, 4.69) is 34.9 Å². The maximum absolute atomic E-state index is 13.7. The SMILES string of the molecule is C[C@@H](NC(=S)Nc1ccccc1F)c1cccc2ccccc12. The molecular formula is C19H17FN2S. The van der Waals surface area contributed by atoms with Crippen LogP contribution < -0.4 is 10.6 Å². The Kier molecular flexibility index (Phi) is 4.53. The van der Waals surface area contributed by atoms with Gasteiger partial charge in [-0.15, -0.1) is 0 Å². The Morgan fingerprint density at radius 1 is 0.957 bits per heavy atom. The summed E-state index contributed by atoms with van der Waals surface area (Å²) < 4.78 is 13.7. The van der Waals surface area contributed by atoms with E-state index in [0.29, 0.717) is 10.8 Å². The Labute approximate surface area is 140 Å². The van der Waals surface area contributed by atoms with E-state index in [0.717, 1.165) is 5.56 Å². The quantitative estimate of drug-likeness (QED) is 0.661. The fourth-order valence-electron chi connectivity index (χ4n) is 2.62. The number of hydrogen-bond donors (Lipinski definition) is 2. The van der Waals surface area contributed by atoms with Crippen LogP contribution in [0.2, 0.25) is 0 Å². The van der Waals surface area contributed by atoms with E-state index in [1.54, 1.807) is 18.2 Å². The fourth-order valence-corrected chi connectivity index (χ4v) is 2.91. The van der Waals surface area contributed by atoms with Crippen LogP contribution >= 0.6 is 12.2 Å². The first-order chi connectivity index (χ1) is 11.1. The Bertz CT molecular complexity index is 842. The maximum Gasteiger partial charge on any atom is 0.171 e. The Balaban J connectivity index is 1.77. The van der Waals surface area contributed by atoms with Crippen LogP contribution in [0, 0.1) is 5.82 Å². The molecule has 3 aromatic rings. The van der Waals surface area contributed by atoms with Gasteiger partial charge in [0.2, 0.25) is 0 Å². The standard InChI is InChI=1S/C19H17FN2S/c1-13(15-10-6-8-14-7-2-3-9-16(14)15)21-19(23)22-18-12-5-4-11-17(18)20/h2-13H,1H3,(H2,21,22,23)/t13-/m1/s1. The highest BCUT2D eigenvalue weighted by atomic mass is 32.1. The van der Waals surface area contributed by atoms with E-state index in [-0.39, 0.29) is 11.9 Å². The molecule has 1 atom stereocenters. The van der Waals surface area contributed by atoms with Crippen molar-refractivity contribution in [3.63, 3.8) is 0 Å². The molecule has 0 saturated heterocycles. The average molecular weight is 324 g/mol. The van der Waals surface area contributed by atoms with Crippen molar-refractivity contribution in [3.8, 4) is 0 Å². The molecule has 2 N–H and O–H groups in total. The molecule has 0 aliphatic heterocycles. The molecule has 3 rings (SSSR count). The molecule has 0 aliphatic rings. The van der Waals surface area contributed by atoms with Crippen LogP contribution in [-0.2, 0) is 0 Å². The van der Waals surface area contributed by atoms with E-state index in [9.17, 15) is 4.39 Å². The molecule has 3 aromatic carbocycles. The number of para-hydroxylation sites is 1. The molecular weight excluding hydrogens is 307 g/mol. The molecule has 0 spiro atoms. The van der Waals surface area contributed by atoms with Crippen molar-refractivity contribution in [2.24, 2.45) is 0 Å². The van der Waals surface area contributed by atoms with Gasteiger partial charge < -0.3 is 10.6 Å². The summed E-state index contributed by atoms with van der Waals surface area (Å²) in [6.45, 7) is 2.04. The van der Waals surface area contributed by atoms with E-state index >= 15 is 0 Å². The van der Waals surface area contributed by atoms with Crippen molar-refractivity contribution in [2.45, 2.75) is 13.0 Å². The lowest BCUT2D eigenvalue weighted by atomic mass is 10.00. The lowest BCUT2D eigenvalue weighted by Gasteiger charge is -2.19. The molecule has 0 saturated carbocycles. The van der Waals surface area contributed by atoms with Crippen molar-refractivity contribution in [1.82, 2.24) is 5.32 Å². The van der Waals surface area contributed by atoms with Gasteiger partial charge in [0.1, 0.15) is 5.82 Å². The predicted octanol–water partition coefficient (Wildman–Crippen LogP) is 5.03. The van der Waals surface area contributed by atoms with Gasteiger partial charge in [0.15, 0.2) is 5.11 Å². The normalized spacial score (nSPS) is 11.9. The van der Waals surface area contributed by atoms with Gasteiger partial charge >= 0.3 is 0 Å². The van der Waals surface area contributed by atoms with Gasteiger partial charge in [-0.25, -0.2) is 4.39 Å². The number of nitrogens with one attached hydrogen (secondary N) is 2. The van der Waals surface area contributed by atoms with E-state index in [1.165, 1.54) is 16.8 Å². The van der Waals surface area contributed by atoms with Gasteiger partial charge in [-0.05, 0) is 47.6 Å². The lowest BCUT2D eigenvalue weighted by molar-refractivity contribution is 0.631. The van der Waals surface area contributed by atoms with Crippen LogP contribution in [0.25, 0.3) is 10.8 Å². The third-order valence-electron chi connectivity index (χ3n) is 3.76. The lowest BCUT2D eigenvalue weighted by Crippen LogP contribution is -2.31. The monoisotopic (exact) mass is 324 g/mol. The Morgan fingerprint density at radius 3 is 2.48 bits per heavy atom. The largest absolute Gasteiger partial charge is 0.356 e. The number of anilines is 1. The van der Waals surface area contributed by atoms with Gasteiger partial charge in [0, 0.05) is 0 Å². The second-order valence-corrected chi connectivity index (χ2v) is 5.78. The summed E-state index contributed by atoms with van der Waals surface area (Å²) in [7, 11) is 0. The first-order valence-electron chi connectivity index (χ1n) is 7.45. The maximum atomic E-state index is 13.7. The molecule has 0 radical (unpaired) electrons. The molecule has 0 unspecified atom stereocenters. The van der Waals surface area contributed by atoms with Gasteiger partial charge in [0.05, 0.1) is 11.7 Å². The zero-order valence-corrected chi connectivity index (χ0v) is 13.5. The summed E-state index contributed by atoms with van der Waals surface area (Å²) in [4.78, 5) is 0. The summed E-state index contributed by atoms with van der Waals surface area (Å²) in [5.74, 6) is -0.325. The molecule has 2 nitrogen and oxygen atoms in total. The summed E-state index contributed by atoms with van der Waals surface area (Å²) >= 11 is 5.31. The zero-order chi connectivity index (χ0) is 16.2. The molecule has 4 heteroatoms. The summed E-state index contributed by atoms with van der Waals surface area (Å²) in [6.07, 6.45) is 0. The second kappa shape index (κ2) is 6.75. The van der Waals surface area contributed by atoms with E-state index in [1.807, 2.05) is 25.1 Å². The molecule has 0 aliphatic carbocycles. The summed E-state index contributed by atoms with van der Waals surface area (Å²) in [5, 5.41) is 8.89. The zero-order valence-electron chi connectivity index (χ0n) is 12.7. The highest BCUT2D eigenvalue weighted by Gasteiger charge is 2.11. The minimum atomic E-state index is -0.325. The molecule has 0 bridgehead atoms. The van der Waals surface area contributed by atoms with Crippen molar-refractivity contribution in [3.05, 3.63) is 78.1 Å². The molecule has 0 aromatic heterocycles. The molecule has 23 heavy (non-hydrogen) atoms. The van der Waals surface area contributed by atoms with Crippen LogP contribution in [0.15, 0.2) is 66.7 Å². The van der Waals surface area contributed by atoms with Crippen molar-refractivity contribution >= 4 is 33.8 Å².